The third-order valence-corrected chi connectivity index (χ3v) is 8.69. The Balaban J connectivity index is 1.38. The van der Waals surface area contributed by atoms with Gasteiger partial charge in [0.1, 0.15) is 48.9 Å². The Morgan fingerprint density at radius 3 is 2.92 bits per heavy atom. The van der Waals surface area contributed by atoms with E-state index in [9.17, 15) is 19.5 Å². The first kappa shape index (κ1) is 25.1. The number of oxime groups is 1. The van der Waals surface area contributed by atoms with Crippen molar-refractivity contribution >= 4 is 69.1 Å². The molecule has 0 aliphatic carbocycles. The van der Waals surface area contributed by atoms with Crippen LogP contribution in [0.1, 0.15) is 5.69 Å². The number of aromatic nitrogens is 3. The Labute approximate surface area is 223 Å². The molecule has 15 heteroatoms. The van der Waals surface area contributed by atoms with Gasteiger partial charge in [0.25, 0.3) is 17.5 Å². The number of nitrogen functional groups attached to an aromatic ring is 1. The van der Waals surface area contributed by atoms with Crippen molar-refractivity contribution in [3.05, 3.63) is 52.9 Å². The topological polar surface area (TPSA) is 156 Å². The number of amides is 2. The Kier molecular flexibility index (Phi) is 6.83. The van der Waals surface area contributed by atoms with Crippen molar-refractivity contribution in [2.24, 2.45) is 5.16 Å². The van der Waals surface area contributed by atoms with Crippen LogP contribution in [0.15, 0.2) is 57.4 Å². The first-order valence-electron chi connectivity index (χ1n) is 10.9. The van der Waals surface area contributed by atoms with Crippen LogP contribution in [0.5, 0.6) is 0 Å². The van der Waals surface area contributed by atoms with Gasteiger partial charge in [-0.2, -0.15) is 4.40 Å². The zero-order valence-electron chi connectivity index (χ0n) is 19.7. The van der Waals surface area contributed by atoms with Crippen molar-refractivity contribution in [3.63, 3.8) is 0 Å². The van der Waals surface area contributed by atoms with Crippen LogP contribution < -0.4 is 15.6 Å². The van der Waals surface area contributed by atoms with Gasteiger partial charge in [-0.15, -0.1) is 23.1 Å². The number of nitrogens with two attached hydrogens (primary N) is 1. The summed E-state index contributed by atoms with van der Waals surface area (Å²) in [4.78, 5) is 48.4. The minimum atomic E-state index is -1.19. The lowest BCUT2D eigenvalue weighted by Gasteiger charge is -2.49. The number of thioether (sulfide) groups is 2. The molecular formula is C22H22N7O5S3+. The molecule has 5 rings (SSSR count). The van der Waals surface area contributed by atoms with Crippen molar-refractivity contribution in [3.8, 4) is 0 Å². The summed E-state index contributed by atoms with van der Waals surface area (Å²) in [5.74, 6) is -1.98. The predicted molar refractivity (Wildman–Crippen MR) is 139 cm³/mol. The van der Waals surface area contributed by atoms with E-state index in [1.807, 2.05) is 45.8 Å². The van der Waals surface area contributed by atoms with Gasteiger partial charge in [0.05, 0.1) is 0 Å². The summed E-state index contributed by atoms with van der Waals surface area (Å²) in [7, 11) is 1.29. The fourth-order valence-electron chi connectivity index (χ4n) is 4.31. The average molecular weight is 561 g/mol. The van der Waals surface area contributed by atoms with E-state index in [4.69, 9.17) is 10.6 Å². The molecule has 0 radical (unpaired) electrons. The maximum Gasteiger partial charge on any atom is 0.352 e. The molecule has 12 nitrogen and oxygen atoms in total. The van der Waals surface area contributed by atoms with Crippen molar-refractivity contribution in [1.82, 2.24) is 19.6 Å². The highest BCUT2D eigenvalue weighted by Crippen LogP contribution is 2.40. The highest BCUT2D eigenvalue weighted by atomic mass is 32.2. The van der Waals surface area contributed by atoms with Crippen LogP contribution in [-0.4, -0.2) is 73.4 Å². The Morgan fingerprint density at radius 2 is 2.24 bits per heavy atom. The van der Waals surface area contributed by atoms with E-state index < -0.39 is 29.2 Å². The summed E-state index contributed by atoms with van der Waals surface area (Å²) in [6.07, 6.45) is 5.81. The third-order valence-electron chi connectivity index (χ3n) is 5.93. The second-order valence-electron chi connectivity index (χ2n) is 8.03. The number of carbonyl (C=O) groups is 3. The molecule has 1 saturated heterocycles. The molecule has 2 amide bonds. The number of aliphatic carboxylic acids is 1. The molecule has 0 saturated carbocycles. The molecule has 0 aromatic carbocycles. The number of anilines is 1. The van der Waals surface area contributed by atoms with Gasteiger partial charge in [-0.3, -0.25) is 14.5 Å². The van der Waals surface area contributed by atoms with Crippen LogP contribution in [0.25, 0.3) is 5.65 Å². The predicted octanol–water partition coefficient (Wildman–Crippen LogP) is 0.777. The van der Waals surface area contributed by atoms with Crippen LogP contribution in [-0.2, 0) is 25.8 Å². The van der Waals surface area contributed by atoms with Crippen molar-refractivity contribution in [2.45, 2.75) is 23.0 Å². The molecule has 0 unspecified atom stereocenters. The highest BCUT2D eigenvalue weighted by Gasteiger charge is 2.54. The number of pyridine rings is 1. The quantitative estimate of drug-likeness (QED) is 0.119. The molecule has 2 atom stereocenters. The number of fused-ring (bicyclic) bond motifs is 2. The second kappa shape index (κ2) is 10.1. The Bertz CT molecular complexity index is 1480. The van der Waals surface area contributed by atoms with E-state index in [2.05, 4.69) is 15.5 Å². The summed E-state index contributed by atoms with van der Waals surface area (Å²) >= 11 is 4.14. The molecular weight excluding hydrogens is 538 g/mol. The Hall–Kier alpha value is -3.56. The van der Waals surface area contributed by atoms with E-state index in [1.54, 1.807) is 17.1 Å². The van der Waals surface area contributed by atoms with Gasteiger partial charge in [0, 0.05) is 22.8 Å². The van der Waals surface area contributed by atoms with E-state index >= 15 is 0 Å². The minimum absolute atomic E-state index is 0.0508. The number of carboxylic acids is 1. The summed E-state index contributed by atoms with van der Waals surface area (Å²) in [6, 6.07) is 4.99. The SMILES string of the molecule is CO/N=C(\C(=O)N[C@@H]1C(=O)N2C(C(=O)O)=C(C[n+]3ccn4c(SC)cccc43)CS[C@@H]12)c1csc(N)n1. The van der Waals surface area contributed by atoms with Crippen LogP contribution in [0.4, 0.5) is 5.13 Å². The molecule has 2 aliphatic rings. The van der Waals surface area contributed by atoms with Crippen LogP contribution in [0.3, 0.4) is 0 Å². The maximum atomic E-state index is 13.1. The molecule has 1 fully saturated rings. The highest BCUT2D eigenvalue weighted by molar-refractivity contribution is 8.00. The first-order valence-corrected chi connectivity index (χ1v) is 14.1. The average Bonchev–Trinajstić information content (AvgIpc) is 3.51. The minimum Gasteiger partial charge on any atom is -0.477 e. The number of hydrogen-bond donors (Lipinski definition) is 3. The van der Waals surface area contributed by atoms with Gasteiger partial charge < -0.3 is 21.0 Å². The standard InChI is InChI=1S/C22H21N7O5S3/c1-34-26-15(12-10-37-22(23)24-12)18(30)25-16-19(31)29-17(21(32)33)11(9-36-20(16)29)8-27-6-7-28-13(27)4-3-5-14(28)35-2/h3-7,10,16,20H,8-9H2,1-2H3,(H3-,23,24,25,30,32,33)/p+1/b26-15-/t16-,20+/m1/s1. The normalized spacial score (nSPS) is 19.6. The van der Waals surface area contributed by atoms with Crippen LogP contribution in [0, 0.1) is 0 Å². The molecule has 192 valence electrons. The van der Waals surface area contributed by atoms with Gasteiger partial charge in [0.15, 0.2) is 15.9 Å². The molecule has 3 aromatic rings. The number of carbonyl (C=O) groups excluding carboxylic acids is 2. The monoisotopic (exact) mass is 560 g/mol. The summed E-state index contributed by atoms with van der Waals surface area (Å²) in [5.41, 5.74) is 7.22. The zero-order valence-corrected chi connectivity index (χ0v) is 22.1. The molecule has 3 aromatic heterocycles. The van der Waals surface area contributed by atoms with E-state index in [1.165, 1.54) is 23.8 Å². The van der Waals surface area contributed by atoms with Gasteiger partial charge in [0.2, 0.25) is 0 Å². The van der Waals surface area contributed by atoms with Gasteiger partial charge in [-0.1, -0.05) is 16.9 Å². The van der Waals surface area contributed by atoms with Crippen molar-refractivity contribution < 1.29 is 28.9 Å². The third kappa shape index (κ3) is 4.42. The van der Waals surface area contributed by atoms with Crippen molar-refractivity contribution in [2.75, 3.05) is 24.9 Å². The number of imidazole rings is 1. The Morgan fingerprint density at radius 1 is 1.43 bits per heavy atom. The zero-order chi connectivity index (χ0) is 26.3. The number of thiazole rings is 1. The molecule has 5 heterocycles. The van der Waals surface area contributed by atoms with Gasteiger partial charge in [-0.05, 0) is 18.4 Å². The van der Waals surface area contributed by atoms with E-state index in [-0.39, 0.29) is 22.2 Å². The van der Waals surface area contributed by atoms with Gasteiger partial charge in [-0.25, -0.2) is 14.3 Å². The van der Waals surface area contributed by atoms with Crippen LogP contribution in [0.2, 0.25) is 0 Å². The number of rotatable bonds is 8. The number of hydrogen-bond acceptors (Lipinski definition) is 10. The summed E-state index contributed by atoms with van der Waals surface area (Å²) in [6.45, 7) is 0.312. The maximum absolute atomic E-state index is 13.1. The van der Waals surface area contributed by atoms with Gasteiger partial charge >= 0.3 is 5.97 Å². The summed E-state index contributed by atoms with van der Waals surface area (Å²) in [5, 5.41) is 18.7. The lowest BCUT2D eigenvalue weighted by Crippen LogP contribution is -2.71. The fraction of sp³-hybridized carbons (Fsp3) is 0.273. The number of nitrogens with zero attached hydrogens (tertiary/aromatic N) is 5. The first-order chi connectivity index (χ1) is 17.8. The van der Waals surface area contributed by atoms with E-state index in [0.29, 0.717) is 17.9 Å². The number of carboxylic acid groups (broad SMARTS) is 1. The van der Waals surface area contributed by atoms with Crippen molar-refractivity contribution in [1.29, 1.82) is 0 Å². The smallest absolute Gasteiger partial charge is 0.352 e. The molecule has 2 aliphatic heterocycles. The molecule has 0 spiro atoms. The largest absolute Gasteiger partial charge is 0.477 e. The fourth-order valence-corrected chi connectivity index (χ4v) is 6.76. The molecule has 37 heavy (non-hydrogen) atoms. The lowest BCUT2D eigenvalue weighted by molar-refractivity contribution is -0.662. The molecule has 4 N–H and O–H groups in total. The summed E-state index contributed by atoms with van der Waals surface area (Å²) < 4.78 is 3.98. The van der Waals surface area contributed by atoms with E-state index in [0.717, 1.165) is 22.0 Å². The van der Waals surface area contributed by atoms with Crippen LogP contribution >= 0.6 is 34.9 Å². The lowest BCUT2D eigenvalue weighted by atomic mass is 10.0. The number of nitrogens with one attached hydrogen (secondary N) is 1. The second-order valence-corrected chi connectivity index (χ2v) is 10.9. The number of β-lactam (4-membered cyclic amide) rings is 1. The molecule has 0 bridgehead atoms.